The standard InChI is InChI=1S/C14H25N7O/c1-12(22)20-7-9-21(10-8-20)13-11-16-18-14(17-13)15-5-4-6-19(2)3/h11H,4-10H2,1-3H3,(H,15,17,18). The number of hydrogen-bond acceptors (Lipinski definition) is 7. The van der Waals surface area contributed by atoms with Gasteiger partial charge in [0.05, 0.1) is 6.20 Å². The van der Waals surface area contributed by atoms with Crippen molar-refractivity contribution in [1.82, 2.24) is 25.0 Å². The van der Waals surface area contributed by atoms with E-state index in [9.17, 15) is 4.79 Å². The topological polar surface area (TPSA) is 77.5 Å². The summed E-state index contributed by atoms with van der Waals surface area (Å²) in [6, 6.07) is 0. The lowest BCUT2D eigenvalue weighted by Crippen LogP contribution is -2.48. The van der Waals surface area contributed by atoms with Crippen LogP contribution < -0.4 is 10.2 Å². The molecule has 22 heavy (non-hydrogen) atoms. The summed E-state index contributed by atoms with van der Waals surface area (Å²) < 4.78 is 0. The third kappa shape index (κ3) is 4.80. The van der Waals surface area contributed by atoms with Crippen molar-refractivity contribution >= 4 is 17.7 Å². The van der Waals surface area contributed by atoms with Gasteiger partial charge in [-0.25, -0.2) is 0 Å². The first kappa shape index (κ1) is 16.4. The lowest BCUT2D eigenvalue weighted by Gasteiger charge is -2.34. The average Bonchev–Trinajstić information content (AvgIpc) is 2.52. The van der Waals surface area contributed by atoms with Crippen molar-refractivity contribution in [3.05, 3.63) is 6.20 Å². The molecule has 0 saturated carbocycles. The monoisotopic (exact) mass is 307 g/mol. The van der Waals surface area contributed by atoms with E-state index in [1.54, 1.807) is 13.1 Å². The van der Waals surface area contributed by atoms with Gasteiger partial charge in [-0.15, -0.1) is 5.10 Å². The number of carbonyl (C=O) groups is 1. The molecule has 8 nitrogen and oxygen atoms in total. The molecule has 2 heterocycles. The highest BCUT2D eigenvalue weighted by molar-refractivity contribution is 5.73. The highest BCUT2D eigenvalue weighted by Crippen LogP contribution is 2.13. The summed E-state index contributed by atoms with van der Waals surface area (Å²) >= 11 is 0. The molecule has 0 aromatic carbocycles. The summed E-state index contributed by atoms with van der Waals surface area (Å²) in [7, 11) is 4.11. The Bertz CT molecular complexity index is 486. The van der Waals surface area contributed by atoms with Crippen molar-refractivity contribution in [3.8, 4) is 0 Å². The molecular weight excluding hydrogens is 282 g/mol. The van der Waals surface area contributed by atoms with Crippen molar-refractivity contribution in [1.29, 1.82) is 0 Å². The largest absolute Gasteiger partial charge is 0.353 e. The number of carbonyl (C=O) groups excluding carboxylic acids is 1. The highest BCUT2D eigenvalue weighted by Gasteiger charge is 2.20. The molecule has 0 unspecified atom stereocenters. The van der Waals surface area contributed by atoms with Crippen molar-refractivity contribution in [3.63, 3.8) is 0 Å². The molecule has 1 N–H and O–H groups in total. The Morgan fingerprint density at radius 2 is 2.05 bits per heavy atom. The molecule has 1 saturated heterocycles. The molecule has 122 valence electrons. The smallest absolute Gasteiger partial charge is 0.244 e. The van der Waals surface area contributed by atoms with Crippen LogP contribution >= 0.6 is 0 Å². The van der Waals surface area contributed by atoms with Gasteiger partial charge in [-0.2, -0.15) is 10.1 Å². The lowest BCUT2D eigenvalue weighted by atomic mass is 10.3. The molecule has 0 radical (unpaired) electrons. The average molecular weight is 307 g/mol. The number of nitrogens with zero attached hydrogens (tertiary/aromatic N) is 6. The maximum atomic E-state index is 11.3. The molecule has 1 aliphatic heterocycles. The fourth-order valence-corrected chi connectivity index (χ4v) is 2.37. The van der Waals surface area contributed by atoms with Gasteiger partial charge < -0.3 is 20.0 Å². The molecule has 2 rings (SSSR count). The summed E-state index contributed by atoms with van der Waals surface area (Å²) in [6.45, 7) is 6.46. The van der Waals surface area contributed by atoms with Gasteiger partial charge in [0, 0.05) is 39.6 Å². The van der Waals surface area contributed by atoms with E-state index >= 15 is 0 Å². The van der Waals surface area contributed by atoms with Crippen molar-refractivity contribution in [2.45, 2.75) is 13.3 Å². The van der Waals surface area contributed by atoms with Crippen LogP contribution in [0.15, 0.2) is 6.20 Å². The predicted octanol–water partition coefficient (Wildman–Crippen LogP) is -0.0963. The second kappa shape index (κ2) is 7.88. The van der Waals surface area contributed by atoms with Gasteiger partial charge in [-0.1, -0.05) is 0 Å². The van der Waals surface area contributed by atoms with Gasteiger partial charge >= 0.3 is 0 Å². The second-order valence-corrected chi connectivity index (χ2v) is 5.71. The first-order chi connectivity index (χ1) is 10.6. The normalized spacial score (nSPS) is 15.3. The van der Waals surface area contributed by atoms with Crippen LogP contribution in [0.25, 0.3) is 0 Å². The van der Waals surface area contributed by atoms with Crippen LogP contribution in [0.5, 0.6) is 0 Å². The zero-order valence-corrected chi connectivity index (χ0v) is 13.6. The van der Waals surface area contributed by atoms with Crippen molar-refractivity contribution in [2.24, 2.45) is 0 Å². The van der Waals surface area contributed by atoms with Gasteiger partial charge in [-0.3, -0.25) is 4.79 Å². The minimum Gasteiger partial charge on any atom is -0.353 e. The lowest BCUT2D eigenvalue weighted by molar-refractivity contribution is -0.129. The zero-order valence-electron chi connectivity index (χ0n) is 13.6. The quantitative estimate of drug-likeness (QED) is 0.736. The van der Waals surface area contributed by atoms with Crippen LogP contribution in [-0.2, 0) is 4.79 Å². The Morgan fingerprint density at radius 3 is 2.68 bits per heavy atom. The van der Waals surface area contributed by atoms with Crippen molar-refractivity contribution in [2.75, 3.05) is 63.6 Å². The van der Waals surface area contributed by atoms with E-state index in [4.69, 9.17) is 0 Å². The number of nitrogens with one attached hydrogen (secondary N) is 1. The maximum Gasteiger partial charge on any atom is 0.244 e. The Hall–Kier alpha value is -1.96. The third-order valence-electron chi connectivity index (χ3n) is 3.66. The summed E-state index contributed by atoms with van der Waals surface area (Å²) in [4.78, 5) is 22.0. The molecule has 1 amide bonds. The molecule has 8 heteroatoms. The first-order valence-electron chi connectivity index (χ1n) is 7.65. The summed E-state index contributed by atoms with van der Waals surface area (Å²) in [5, 5.41) is 11.2. The number of aromatic nitrogens is 3. The van der Waals surface area contributed by atoms with E-state index in [1.807, 2.05) is 4.90 Å². The minimum atomic E-state index is 0.128. The fourth-order valence-electron chi connectivity index (χ4n) is 2.37. The Labute approximate surface area is 131 Å². The van der Waals surface area contributed by atoms with E-state index in [2.05, 4.69) is 44.4 Å². The summed E-state index contributed by atoms with van der Waals surface area (Å²) in [5.41, 5.74) is 0. The number of anilines is 2. The van der Waals surface area contributed by atoms with Crippen LogP contribution in [0.4, 0.5) is 11.8 Å². The SMILES string of the molecule is CC(=O)N1CCN(c2cnnc(NCCCN(C)C)n2)CC1. The first-order valence-corrected chi connectivity index (χ1v) is 7.65. The van der Waals surface area contributed by atoms with E-state index in [0.29, 0.717) is 5.95 Å². The Balaban J connectivity index is 1.85. The molecule has 1 aromatic rings. The molecule has 1 fully saturated rings. The minimum absolute atomic E-state index is 0.128. The van der Waals surface area contributed by atoms with Gasteiger partial charge in [0.1, 0.15) is 0 Å². The summed E-state index contributed by atoms with van der Waals surface area (Å²) in [6.07, 6.45) is 2.70. The maximum absolute atomic E-state index is 11.3. The van der Waals surface area contributed by atoms with Gasteiger partial charge in [0.15, 0.2) is 5.82 Å². The van der Waals surface area contributed by atoms with Gasteiger partial charge in [0.2, 0.25) is 11.9 Å². The number of rotatable bonds is 6. The zero-order chi connectivity index (χ0) is 15.9. The van der Waals surface area contributed by atoms with Crippen LogP contribution in [0, 0.1) is 0 Å². The molecule has 0 atom stereocenters. The van der Waals surface area contributed by atoms with Crippen LogP contribution in [0.2, 0.25) is 0 Å². The van der Waals surface area contributed by atoms with E-state index in [1.165, 1.54) is 0 Å². The summed E-state index contributed by atoms with van der Waals surface area (Å²) in [5.74, 6) is 1.50. The van der Waals surface area contributed by atoms with Gasteiger partial charge in [0.25, 0.3) is 0 Å². The van der Waals surface area contributed by atoms with Crippen molar-refractivity contribution < 1.29 is 4.79 Å². The molecule has 0 spiro atoms. The van der Waals surface area contributed by atoms with E-state index in [-0.39, 0.29) is 5.91 Å². The molecule has 0 bridgehead atoms. The van der Waals surface area contributed by atoms with Gasteiger partial charge in [-0.05, 0) is 27.1 Å². The van der Waals surface area contributed by atoms with Crippen LogP contribution in [-0.4, -0.2) is 84.3 Å². The van der Waals surface area contributed by atoms with Crippen LogP contribution in [0.1, 0.15) is 13.3 Å². The predicted molar refractivity (Wildman–Crippen MR) is 86.0 cm³/mol. The Kier molecular flexibility index (Phi) is 5.88. The Morgan fingerprint density at radius 1 is 1.32 bits per heavy atom. The number of hydrogen-bond donors (Lipinski definition) is 1. The molecule has 1 aromatic heterocycles. The third-order valence-corrected chi connectivity index (χ3v) is 3.66. The van der Waals surface area contributed by atoms with Crippen LogP contribution in [0.3, 0.4) is 0 Å². The second-order valence-electron chi connectivity index (χ2n) is 5.71. The number of piperazine rings is 1. The highest BCUT2D eigenvalue weighted by atomic mass is 16.2. The molecule has 1 aliphatic rings. The fraction of sp³-hybridized carbons (Fsp3) is 0.714. The number of amides is 1. The molecule has 0 aliphatic carbocycles. The van der Waals surface area contributed by atoms with E-state index in [0.717, 1.165) is 51.5 Å². The van der Waals surface area contributed by atoms with E-state index < -0.39 is 0 Å². The molecular formula is C14H25N7O.